The molecule has 6 heteroatoms. The fourth-order valence-electron chi connectivity index (χ4n) is 4.39. The molecule has 0 N–H and O–H groups in total. The number of benzene rings is 1. The highest BCUT2D eigenvalue weighted by atomic mass is 16.5. The van der Waals surface area contributed by atoms with E-state index in [4.69, 9.17) is 18.9 Å². The molecule has 35 heavy (non-hydrogen) atoms. The summed E-state index contributed by atoms with van der Waals surface area (Å²) in [5.74, 6) is -0.384. The zero-order valence-corrected chi connectivity index (χ0v) is 22.8. The van der Waals surface area contributed by atoms with Crippen LogP contribution in [-0.4, -0.2) is 39.7 Å². The summed E-state index contributed by atoms with van der Waals surface area (Å²) in [6, 6.07) is 3.19. The number of carbonyl (C=O) groups is 2. The molecule has 0 aliphatic carbocycles. The molecular formula is C29H48O6. The van der Waals surface area contributed by atoms with Gasteiger partial charge in [0.1, 0.15) is 5.92 Å². The zero-order chi connectivity index (χ0) is 25.9. The van der Waals surface area contributed by atoms with E-state index < -0.39 is 11.9 Å². The Bertz CT molecular complexity index is 705. The Hall–Kier alpha value is -2.24. The lowest BCUT2D eigenvalue weighted by Gasteiger charge is -2.17. The van der Waals surface area contributed by atoms with Crippen LogP contribution in [0.3, 0.4) is 0 Å². The van der Waals surface area contributed by atoms with Gasteiger partial charge in [0.25, 0.3) is 0 Å². The largest absolute Gasteiger partial charge is 0.493 e. The maximum atomic E-state index is 13.3. The van der Waals surface area contributed by atoms with Gasteiger partial charge < -0.3 is 18.9 Å². The second kappa shape index (κ2) is 19.0. The van der Waals surface area contributed by atoms with Crippen molar-refractivity contribution in [2.45, 2.75) is 104 Å². The lowest BCUT2D eigenvalue weighted by atomic mass is 9.91. The highest BCUT2D eigenvalue weighted by molar-refractivity contribution is 6.09. The van der Waals surface area contributed by atoms with Crippen molar-refractivity contribution in [3.8, 4) is 17.2 Å². The number of hydrogen-bond donors (Lipinski definition) is 0. The average molecular weight is 493 g/mol. The Morgan fingerprint density at radius 1 is 0.686 bits per heavy atom. The molecule has 0 aliphatic rings. The monoisotopic (exact) mass is 492 g/mol. The molecule has 0 aromatic heterocycles. The quantitative estimate of drug-likeness (QED) is 0.0763. The van der Waals surface area contributed by atoms with Crippen molar-refractivity contribution in [3.05, 3.63) is 17.7 Å². The molecule has 0 heterocycles. The van der Waals surface area contributed by atoms with E-state index in [0.717, 1.165) is 19.3 Å². The van der Waals surface area contributed by atoms with Crippen LogP contribution in [0, 0.1) is 5.92 Å². The molecular weight excluding hydrogens is 444 g/mol. The molecule has 0 fully saturated rings. The maximum Gasteiger partial charge on any atom is 0.316 e. The molecule has 1 atom stereocenters. The smallest absolute Gasteiger partial charge is 0.316 e. The Labute approximate surface area is 213 Å². The first-order valence-corrected chi connectivity index (χ1v) is 13.5. The van der Waals surface area contributed by atoms with Crippen molar-refractivity contribution in [2.75, 3.05) is 27.9 Å². The Morgan fingerprint density at radius 2 is 1.14 bits per heavy atom. The van der Waals surface area contributed by atoms with Crippen molar-refractivity contribution < 1.29 is 28.5 Å². The number of ketones is 1. The van der Waals surface area contributed by atoms with Crippen LogP contribution < -0.4 is 14.2 Å². The predicted octanol–water partition coefficient (Wildman–Crippen LogP) is 7.56. The first-order chi connectivity index (χ1) is 17.0. The Morgan fingerprint density at radius 3 is 1.54 bits per heavy atom. The third-order valence-corrected chi connectivity index (χ3v) is 6.43. The fraction of sp³-hybridized carbons (Fsp3) is 0.724. The lowest BCUT2D eigenvalue weighted by molar-refractivity contribution is -0.146. The van der Waals surface area contributed by atoms with E-state index in [1.165, 1.54) is 85.5 Å². The van der Waals surface area contributed by atoms with Gasteiger partial charge in [0, 0.05) is 5.56 Å². The number of ether oxygens (including phenoxy) is 4. The molecule has 0 spiro atoms. The SMILES string of the molecule is CCCCCCCCCCCCCCCC(C(=O)OCC)C(=O)c1cc(OC)c(OC)c(OC)c1. The van der Waals surface area contributed by atoms with Crippen molar-refractivity contribution in [1.82, 2.24) is 0 Å². The molecule has 6 nitrogen and oxygen atoms in total. The molecule has 0 bridgehead atoms. The minimum absolute atomic E-state index is 0.246. The van der Waals surface area contributed by atoms with E-state index in [9.17, 15) is 9.59 Å². The van der Waals surface area contributed by atoms with Gasteiger partial charge in [-0.15, -0.1) is 0 Å². The van der Waals surface area contributed by atoms with Gasteiger partial charge in [-0.2, -0.15) is 0 Å². The maximum absolute atomic E-state index is 13.3. The van der Waals surface area contributed by atoms with Crippen LogP contribution in [-0.2, 0) is 9.53 Å². The molecule has 0 saturated carbocycles. The topological polar surface area (TPSA) is 71.1 Å². The van der Waals surface area contributed by atoms with E-state index in [0.29, 0.717) is 29.2 Å². The summed E-state index contributed by atoms with van der Waals surface area (Å²) >= 11 is 0. The van der Waals surface area contributed by atoms with E-state index in [-0.39, 0.29) is 12.4 Å². The summed E-state index contributed by atoms with van der Waals surface area (Å²) in [6.45, 7) is 4.26. The highest BCUT2D eigenvalue weighted by Crippen LogP contribution is 2.39. The van der Waals surface area contributed by atoms with Gasteiger partial charge in [0.15, 0.2) is 17.3 Å². The average Bonchev–Trinajstić information content (AvgIpc) is 2.87. The van der Waals surface area contributed by atoms with Crippen LogP contribution in [0.4, 0.5) is 0 Å². The van der Waals surface area contributed by atoms with Gasteiger partial charge in [-0.3, -0.25) is 9.59 Å². The normalized spacial score (nSPS) is 11.7. The van der Waals surface area contributed by atoms with Crippen molar-refractivity contribution in [1.29, 1.82) is 0 Å². The Kier molecular flexibility index (Phi) is 16.7. The zero-order valence-electron chi connectivity index (χ0n) is 22.8. The summed E-state index contributed by atoms with van der Waals surface area (Å²) in [5.41, 5.74) is 0.354. The fourth-order valence-corrected chi connectivity index (χ4v) is 4.39. The molecule has 1 rings (SSSR count). The standard InChI is InChI=1S/C29H48O6/c1-6-8-9-10-11-12-13-14-15-16-17-18-19-20-24(29(31)35-7-2)27(30)23-21-25(32-3)28(34-5)26(22-23)33-4/h21-22,24H,6-20H2,1-5H3. The molecule has 0 radical (unpaired) electrons. The van der Waals surface area contributed by atoms with Crippen LogP contribution in [0.2, 0.25) is 0 Å². The van der Waals surface area contributed by atoms with Crippen molar-refractivity contribution >= 4 is 11.8 Å². The van der Waals surface area contributed by atoms with E-state index >= 15 is 0 Å². The van der Waals surface area contributed by atoms with Crippen LogP contribution in [0.25, 0.3) is 0 Å². The molecule has 0 amide bonds. The Balaban J connectivity index is 2.53. The molecule has 1 aromatic rings. The van der Waals surface area contributed by atoms with Gasteiger partial charge in [-0.1, -0.05) is 90.4 Å². The lowest BCUT2D eigenvalue weighted by Crippen LogP contribution is -2.26. The summed E-state index contributed by atoms with van der Waals surface area (Å²) in [5, 5.41) is 0. The van der Waals surface area contributed by atoms with E-state index in [1.807, 2.05) is 0 Å². The molecule has 0 saturated heterocycles. The summed E-state index contributed by atoms with van der Waals surface area (Å²) in [4.78, 5) is 25.9. The van der Waals surface area contributed by atoms with Crippen LogP contribution in [0.5, 0.6) is 17.2 Å². The summed E-state index contributed by atoms with van der Waals surface area (Å²) in [6.07, 6.45) is 16.7. The predicted molar refractivity (Wildman–Crippen MR) is 141 cm³/mol. The number of esters is 1. The number of hydrogen-bond acceptors (Lipinski definition) is 6. The second-order valence-corrected chi connectivity index (χ2v) is 9.11. The van der Waals surface area contributed by atoms with Gasteiger partial charge in [0.2, 0.25) is 5.75 Å². The molecule has 200 valence electrons. The molecule has 0 aliphatic heterocycles. The van der Waals surface area contributed by atoms with Crippen LogP contribution >= 0.6 is 0 Å². The highest BCUT2D eigenvalue weighted by Gasteiger charge is 2.30. The summed E-state index contributed by atoms with van der Waals surface area (Å²) in [7, 11) is 4.52. The number of unbranched alkanes of at least 4 members (excludes halogenated alkanes) is 12. The van der Waals surface area contributed by atoms with Gasteiger partial charge in [-0.25, -0.2) is 0 Å². The van der Waals surface area contributed by atoms with E-state index in [2.05, 4.69) is 6.92 Å². The van der Waals surface area contributed by atoms with Gasteiger partial charge in [0.05, 0.1) is 27.9 Å². The minimum atomic E-state index is -0.828. The molecule has 1 unspecified atom stereocenters. The number of Topliss-reactive ketones (excluding diaryl/α,β-unsaturated/α-hetero) is 1. The first-order valence-electron chi connectivity index (χ1n) is 13.5. The van der Waals surface area contributed by atoms with Gasteiger partial charge in [-0.05, 0) is 25.5 Å². The first kappa shape index (κ1) is 30.8. The third-order valence-electron chi connectivity index (χ3n) is 6.43. The minimum Gasteiger partial charge on any atom is -0.493 e. The van der Waals surface area contributed by atoms with Gasteiger partial charge >= 0.3 is 5.97 Å². The summed E-state index contributed by atoms with van der Waals surface area (Å²) < 4.78 is 21.3. The number of methoxy groups -OCH3 is 3. The van der Waals surface area contributed by atoms with Crippen molar-refractivity contribution in [3.63, 3.8) is 0 Å². The van der Waals surface area contributed by atoms with Crippen LogP contribution in [0.1, 0.15) is 114 Å². The second-order valence-electron chi connectivity index (χ2n) is 9.11. The number of rotatable bonds is 21. The van der Waals surface area contributed by atoms with Crippen LogP contribution in [0.15, 0.2) is 12.1 Å². The van der Waals surface area contributed by atoms with E-state index in [1.54, 1.807) is 19.1 Å². The third kappa shape index (κ3) is 11.4. The molecule has 1 aromatic carbocycles. The number of carbonyl (C=O) groups excluding carboxylic acids is 2. The van der Waals surface area contributed by atoms with Crippen molar-refractivity contribution in [2.24, 2.45) is 5.92 Å².